The van der Waals surface area contributed by atoms with E-state index in [9.17, 15) is 0 Å². The van der Waals surface area contributed by atoms with E-state index in [1.165, 1.54) is 16.0 Å². The van der Waals surface area contributed by atoms with E-state index >= 15 is 0 Å². The number of thiophene rings is 1. The number of nitrogens with one attached hydrogen (secondary N) is 1. The summed E-state index contributed by atoms with van der Waals surface area (Å²) in [6, 6.07) is 8.58. The molecule has 3 rings (SSSR count). The van der Waals surface area contributed by atoms with Crippen LogP contribution in [0.3, 0.4) is 0 Å². The van der Waals surface area contributed by atoms with Gasteiger partial charge in [0.15, 0.2) is 0 Å². The molecule has 4 heteroatoms. The summed E-state index contributed by atoms with van der Waals surface area (Å²) in [5.74, 6) is 1.05. The van der Waals surface area contributed by atoms with Crippen LogP contribution in [-0.2, 0) is 13.0 Å². The number of hydrogen-bond donors (Lipinski definition) is 1. The predicted molar refractivity (Wildman–Crippen MR) is 83.0 cm³/mol. The number of fused-ring (bicyclic) bond motifs is 1. The fourth-order valence-electron chi connectivity index (χ4n) is 2.37. The number of aryl methyl sites for hydroxylation is 1. The topological polar surface area (TPSA) is 21.3 Å². The van der Waals surface area contributed by atoms with E-state index in [1.807, 2.05) is 0 Å². The van der Waals surface area contributed by atoms with Crippen LogP contribution in [0, 0.1) is 6.92 Å². The Morgan fingerprint density at radius 2 is 2.32 bits per heavy atom. The molecule has 1 unspecified atom stereocenters. The number of benzene rings is 1. The minimum absolute atomic E-state index is 0.264. The predicted octanol–water partition coefficient (Wildman–Crippen LogP) is 3.91. The molecule has 0 radical (unpaired) electrons. The number of rotatable bonds is 4. The maximum atomic E-state index is 5.94. The Kier molecular flexibility index (Phi) is 3.91. The van der Waals surface area contributed by atoms with E-state index in [2.05, 4.69) is 57.8 Å². The van der Waals surface area contributed by atoms with Crippen LogP contribution < -0.4 is 10.1 Å². The molecule has 0 saturated carbocycles. The summed E-state index contributed by atoms with van der Waals surface area (Å²) in [6.07, 6.45) is 1.28. The Morgan fingerprint density at radius 1 is 1.42 bits per heavy atom. The van der Waals surface area contributed by atoms with Gasteiger partial charge in [0.1, 0.15) is 11.9 Å². The highest BCUT2D eigenvalue weighted by atomic mass is 79.9. The summed E-state index contributed by atoms with van der Waals surface area (Å²) in [5.41, 5.74) is 2.64. The van der Waals surface area contributed by atoms with Crippen LogP contribution in [0.25, 0.3) is 0 Å². The van der Waals surface area contributed by atoms with Gasteiger partial charge in [-0.3, -0.25) is 0 Å². The molecule has 1 aromatic heterocycles. The van der Waals surface area contributed by atoms with Gasteiger partial charge in [-0.2, -0.15) is 0 Å². The van der Waals surface area contributed by atoms with Gasteiger partial charge in [0.25, 0.3) is 0 Å². The molecular weight excluding hydrogens is 322 g/mol. The van der Waals surface area contributed by atoms with Crippen molar-refractivity contribution in [2.75, 3.05) is 6.54 Å². The van der Waals surface area contributed by atoms with Gasteiger partial charge in [-0.25, -0.2) is 0 Å². The second kappa shape index (κ2) is 5.65. The van der Waals surface area contributed by atoms with Crippen molar-refractivity contribution in [2.24, 2.45) is 0 Å². The third-order valence-electron chi connectivity index (χ3n) is 3.25. The van der Waals surface area contributed by atoms with E-state index < -0.39 is 0 Å². The molecule has 1 aromatic carbocycles. The van der Waals surface area contributed by atoms with E-state index in [1.54, 1.807) is 11.3 Å². The quantitative estimate of drug-likeness (QED) is 0.913. The molecule has 0 bridgehead atoms. The molecule has 2 aromatic rings. The van der Waals surface area contributed by atoms with Crippen LogP contribution in [0.15, 0.2) is 34.1 Å². The largest absolute Gasteiger partial charge is 0.488 e. The van der Waals surface area contributed by atoms with Crippen molar-refractivity contribution >= 4 is 27.3 Å². The summed E-state index contributed by atoms with van der Waals surface area (Å²) < 4.78 is 7.10. The first-order chi connectivity index (χ1) is 9.20. The lowest BCUT2D eigenvalue weighted by atomic mass is 10.1. The van der Waals surface area contributed by atoms with Crippen LogP contribution in [0.1, 0.15) is 16.0 Å². The van der Waals surface area contributed by atoms with Crippen molar-refractivity contribution in [2.45, 2.75) is 26.0 Å². The minimum Gasteiger partial charge on any atom is -0.488 e. The van der Waals surface area contributed by atoms with Crippen LogP contribution in [0.5, 0.6) is 5.75 Å². The zero-order valence-electron chi connectivity index (χ0n) is 10.8. The van der Waals surface area contributed by atoms with Crippen LogP contribution in [-0.4, -0.2) is 12.6 Å². The van der Waals surface area contributed by atoms with Crippen molar-refractivity contribution in [1.82, 2.24) is 5.32 Å². The van der Waals surface area contributed by atoms with Gasteiger partial charge < -0.3 is 10.1 Å². The van der Waals surface area contributed by atoms with Crippen molar-refractivity contribution in [1.29, 1.82) is 0 Å². The zero-order valence-corrected chi connectivity index (χ0v) is 13.2. The highest BCUT2D eigenvalue weighted by molar-refractivity contribution is 9.10. The molecule has 0 fully saturated rings. The van der Waals surface area contributed by atoms with E-state index in [0.29, 0.717) is 0 Å². The van der Waals surface area contributed by atoms with Gasteiger partial charge in [0, 0.05) is 34.2 Å². The monoisotopic (exact) mass is 337 g/mol. The van der Waals surface area contributed by atoms with E-state index in [0.717, 1.165) is 29.7 Å². The van der Waals surface area contributed by atoms with Crippen LogP contribution >= 0.6 is 27.3 Å². The fraction of sp³-hybridized carbons (Fsp3) is 0.333. The Labute approximate surface area is 125 Å². The Bertz CT molecular complexity index is 581. The summed E-state index contributed by atoms with van der Waals surface area (Å²) in [5, 5.41) is 5.58. The normalized spacial score (nSPS) is 17.3. The average Bonchev–Trinajstić information content (AvgIpc) is 2.95. The SMILES string of the molecule is Cc1ccc2c(c1)CC(CNCc1cc(Br)cs1)O2. The number of ether oxygens (including phenoxy) is 1. The molecule has 1 aliphatic rings. The summed E-state index contributed by atoms with van der Waals surface area (Å²) in [4.78, 5) is 1.35. The van der Waals surface area contributed by atoms with E-state index in [-0.39, 0.29) is 6.10 Å². The molecule has 0 amide bonds. The third kappa shape index (κ3) is 3.19. The molecule has 1 N–H and O–H groups in total. The molecule has 0 aliphatic carbocycles. The van der Waals surface area contributed by atoms with Crippen molar-refractivity contribution in [3.05, 3.63) is 50.1 Å². The lowest BCUT2D eigenvalue weighted by Crippen LogP contribution is -2.29. The highest BCUT2D eigenvalue weighted by Crippen LogP contribution is 2.29. The second-order valence-electron chi connectivity index (χ2n) is 4.92. The maximum absolute atomic E-state index is 5.94. The van der Waals surface area contributed by atoms with Gasteiger partial charge in [0.2, 0.25) is 0 Å². The highest BCUT2D eigenvalue weighted by Gasteiger charge is 2.22. The Balaban J connectivity index is 1.51. The summed E-state index contributed by atoms with van der Waals surface area (Å²) in [6.45, 7) is 3.93. The van der Waals surface area contributed by atoms with Gasteiger partial charge in [-0.15, -0.1) is 11.3 Å². The molecule has 0 spiro atoms. The second-order valence-corrected chi connectivity index (χ2v) is 6.83. The number of hydrogen-bond acceptors (Lipinski definition) is 3. The summed E-state index contributed by atoms with van der Waals surface area (Å²) in [7, 11) is 0. The molecule has 19 heavy (non-hydrogen) atoms. The van der Waals surface area contributed by atoms with Gasteiger partial charge >= 0.3 is 0 Å². The first kappa shape index (κ1) is 13.2. The summed E-state index contributed by atoms with van der Waals surface area (Å²) >= 11 is 5.25. The lowest BCUT2D eigenvalue weighted by Gasteiger charge is -2.11. The van der Waals surface area contributed by atoms with E-state index in [4.69, 9.17) is 4.74 Å². The molecule has 0 saturated heterocycles. The van der Waals surface area contributed by atoms with Crippen molar-refractivity contribution in [3.63, 3.8) is 0 Å². The van der Waals surface area contributed by atoms with Gasteiger partial charge in [-0.05, 0) is 40.5 Å². The first-order valence-electron chi connectivity index (χ1n) is 6.40. The smallest absolute Gasteiger partial charge is 0.123 e. The van der Waals surface area contributed by atoms with Gasteiger partial charge in [-0.1, -0.05) is 17.7 Å². The standard InChI is InChI=1S/C15H16BrNOS/c1-10-2-3-15-11(4-10)5-13(18-15)7-17-8-14-6-12(16)9-19-14/h2-4,6,9,13,17H,5,7-8H2,1H3. The van der Waals surface area contributed by atoms with Crippen molar-refractivity contribution < 1.29 is 4.74 Å². The minimum atomic E-state index is 0.264. The molecule has 1 atom stereocenters. The molecule has 2 nitrogen and oxygen atoms in total. The molecule has 100 valence electrons. The van der Waals surface area contributed by atoms with Crippen LogP contribution in [0.2, 0.25) is 0 Å². The van der Waals surface area contributed by atoms with Gasteiger partial charge in [0.05, 0.1) is 0 Å². The molecule has 2 heterocycles. The molecular formula is C15H16BrNOS. The Hall–Kier alpha value is -0.840. The Morgan fingerprint density at radius 3 is 3.11 bits per heavy atom. The first-order valence-corrected chi connectivity index (χ1v) is 8.08. The zero-order chi connectivity index (χ0) is 13.2. The number of halogens is 1. The lowest BCUT2D eigenvalue weighted by molar-refractivity contribution is 0.227. The van der Waals surface area contributed by atoms with Crippen molar-refractivity contribution in [3.8, 4) is 5.75 Å². The average molecular weight is 338 g/mol. The maximum Gasteiger partial charge on any atom is 0.123 e. The van der Waals surface area contributed by atoms with Crippen LogP contribution in [0.4, 0.5) is 0 Å². The third-order valence-corrected chi connectivity index (χ3v) is 4.95. The molecule has 1 aliphatic heterocycles. The fourth-order valence-corrected chi connectivity index (χ4v) is 3.79.